The molecule has 7 nitrogen and oxygen atoms in total. The average Bonchev–Trinajstić information content (AvgIpc) is 3.00. The highest BCUT2D eigenvalue weighted by atomic mass is 28.4. The van der Waals surface area contributed by atoms with Crippen molar-refractivity contribution in [3.05, 3.63) is 83.4 Å². The van der Waals surface area contributed by atoms with Crippen LogP contribution in [0.25, 0.3) is 22.2 Å². The van der Waals surface area contributed by atoms with Crippen LogP contribution in [-0.4, -0.2) is 59.9 Å². The number of aryl methyl sites for hydroxylation is 1. The number of hydrogen-bond donors (Lipinski definition) is 0. The maximum atomic E-state index is 14.5. The third kappa shape index (κ3) is 5.65. The van der Waals surface area contributed by atoms with Crippen LogP contribution in [0.5, 0.6) is 0 Å². The summed E-state index contributed by atoms with van der Waals surface area (Å²) < 4.78 is 7.01. The molecule has 1 amide bonds. The van der Waals surface area contributed by atoms with Crippen molar-refractivity contribution in [2.45, 2.75) is 90.1 Å². The summed E-state index contributed by atoms with van der Waals surface area (Å²) >= 11 is 0. The number of fused-ring (bicyclic) bond motifs is 3. The van der Waals surface area contributed by atoms with Gasteiger partial charge in [-0.15, -0.1) is 0 Å². The molecule has 4 aromatic rings. The van der Waals surface area contributed by atoms with Gasteiger partial charge in [0.25, 0.3) is 5.91 Å². The third-order valence-corrected chi connectivity index (χ3v) is 14.5. The number of nitrogens with zero attached hydrogens (tertiary/aromatic N) is 5. The lowest BCUT2D eigenvalue weighted by Gasteiger charge is -2.48. The standard InChI is InChI=1S/C36H45N5O2Si/c1-24-25(16-17-30(39-24)26-12-10-18-37-22-26)20-27-21-29-34(33-28(27)13-11-19-38-33)40(5)23-41(35(29)42)31-14-8-9-15-32(31)43-44(6,7)36(2,3)4/h10-13,16-19,21-22,31-32H,8-9,14-15,20,23H2,1-7H3/t31-,32-/m0/s1. The van der Waals surface area contributed by atoms with E-state index in [0.29, 0.717) is 13.1 Å². The van der Waals surface area contributed by atoms with E-state index in [-0.39, 0.29) is 23.1 Å². The first-order chi connectivity index (χ1) is 20.9. The highest BCUT2D eigenvalue weighted by Gasteiger charge is 2.44. The smallest absolute Gasteiger partial charge is 0.257 e. The van der Waals surface area contributed by atoms with Gasteiger partial charge in [-0.3, -0.25) is 19.7 Å². The molecule has 8 heteroatoms. The van der Waals surface area contributed by atoms with Crippen molar-refractivity contribution in [1.82, 2.24) is 19.9 Å². The molecule has 1 aromatic carbocycles. The molecule has 1 aliphatic carbocycles. The normalized spacial score (nSPS) is 19.4. The van der Waals surface area contributed by atoms with E-state index in [0.717, 1.165) is 75.9 Å². The second kappa shape index (κ2) is 11.7. The van der Waals surface area contributed by atoms with Crippen LogP contribution in [0, 0.1) is 6.92 Å². The highest BCUT2D eigenvalue weighted by molar-refractivity contribution is 6.74. The van der Waals surface area contributed by atoms with Crippen LogP contribution in [0.4, 0.5) is 5.69 Å². The fourth-order valence-electron chi connectivity index (χ4n) is 6.55. The first kappa shape index (κ1) is 30.4. The minimum atomic E-state index is -2.00. The van der Waals surface area contributed by atoms with Gasteiger partial charge in [0.05, 0.1) is 41.3 Å². The van der Waals surface area contributed by atoms with Crippen molar-refractivity contribution in [2.24, 2.45) is 0 Å². The molecule has 44 heavy (non-hydrogen) atoms. The summed E-state index contributed by atoms with van der Waals surface area (Å²) in [4.78, 5) is 32.8. The van der Waals surface area contributed by atoms with Crippen LogP contribution < -0.4 is 4.90 Å². The van der Waals surface area contributed by atoms with Crippen LogP contribution in [-0.2, 0) is 10.8 Å². The molecule has 3 aromatic heterocycles. The number of benzene rings is 1. The fraction of sp³-hybridized carbons (Fsp3) is 0.444. The van der Waals surface area contributed by atoms with Crippen LogP contribution in [0.2, 0.25) is 18.1 Å². The van der Waals surface area contributed by atoms with E-state index < -0.39 is 8.32 Å². The van der Waals surface area contributed by atoms with E-state index in [4.69, 9.17) is 14.4 Å². The number of anilines is 1. The Hall–Kier alpha value is -3.62. The lowest BCUT2D eigenvalue weighted by atomic mass is 9.89. The lowest BCUT2D eigenvalue weighted by Crippen LogP contribution is -2.58. The molecule has 2 aliphatic rings. The van der Waals surface area contributed by atoms with Crippen LogP contribution in [0.1, 0.15) is 73.6 Å². The predicted octanol–water partition coefficient (Wildman–Crippen LogP) is 7.77. The topological polar surface area (TPSA) is 71.5 Å². The van der Waals surface area contributed by atoms with Gasteiger partial charge in [-0.1, -0.05) is 45.7 Å². The highest BCUT2D eigenvalue weighted by Crippen LogP contribution is 2.42. The molecule has 0 bridgehead atoms. The monoisotopic (exact) mass is 607 g/mol. The summed E-state index contributed by atoms with van der Waals surface area (Å²) in [6.45, 7) is 14.1. The number of rotatable bonds is 6. The van der Waals surface area contributed by atoms with Gasteiger partial charge in [0.2, 0.25) is 0 Å². The maximum absolute atomic E-state index is 14.5. The van der Waals surface area contributed by atoms with Crippen molar-refractivity contribution in [1.29, 1.82) is 0 Å². The molecule has 0 unspecified atom stereocenters. The van der Waals surface area contributed by atoms with Crippen LogP contribution in [0.3, 0.4) is 0 Å². The Balaban J connectivity index is 1.36. The molecule has 1 saturated carbocycles. The van der Waals surface area contributed by atoms with E-state index >= 15 is 0 Å². The molecule has 0 spiro atoms. The van der Waals surface area contributed by atoms with Gasteiger partial charge in [0, 0.05) is 42.3 Å². The second-order valence-electron chi connectivity index (χ2n) is 14.1. The van der Waals surface area contributed by atoms with Gasteiger partial charge >= 0.3 is 0 Å². The minimum Gasteiger partial charge on any atom is -0.412 e. The van der Waals surface area contributed by atoms with Gasteiger partial charge < -0.3 is 14.2 Å². The molecular weight excluding hydrogens is 563 g/mol. The largest absolute Gasteiger partial charge is 0.412 e. The minimum absolute atomic E-state index is 0.0636. The number of carbonyl (C=O) groups excluding carboxylic acids is 1. The average molecular weight is 608 g/mol. The molecule has 0 radical (unpaired) electrons. The Morgan fingerprint density at radius 2 is 1.80 bits per heavy atom. The van der Waals surface area contributed by atoms with Crippen LogP contribution >= 0.6 is 0 Å². The summed E-state index contributed by atoms with van der Waals surface area (Å²) in [7, 11) is 0.0880. The third-order valence-electron chi connectivity index (χ3n) is 10.0. The summed E-state index contributed by atoms with van der Waals surface area (Å²) in [6.07, 6.45) is 10.4. The Morgan fingerprint density at radius 1 is 1.02 bits per heavy atom. The lowest BCUT2D eigenvalue weighted by molar-refractivity contribution is 0.0218. The molecule has 2 atom stereocenters. The zero-order valence-corrected chi connectivity index (χ0v) is 28.2. The van der Waals surface area contributed by atoms with E-state index in [9.17, 15) is 4.79 Å². The number of aromatic nitrogens is 3. The summed E-state index contributed by atoms with van der Waals surface area (Å²) in [6, 6.07) is 14.5. The molecule has 4 heterocycles. The Kier molecular flexibility index (Phi) is 8.09. The molecule has 230 valence electrons. The fourth-order valence-corrected chi connectivity index (χ4v) is 7.94. The summed E-state index contributed by atoms with van der Waals surface area (Å²) in [5.41, 5.74) is 7.63. The van der Waals surface area contributed by atoms with E-state index in [1.807, 2.05) is 30.6 Å². The second-order valence-corrected chi connectivity index (χ2v) is 18.8. The molecule has 6 rings (SSSR count). The Labute approximate surface area is 262 Å². The number of amides is 1. The van der Waals surface area contributed by atoms with Crippen molar-refractivity contribution in [2.75, 3.05) is 18.6 Å². The molecular formula is C36H45N5O2Si. The summed E-state index contributed by atoms with van der Waals surface area (Å²) in [5.74, 6) is 0.0874. The van der Waals surface area contributed by atoms with Gasteiger partial charge in [-0.25, -0.2) is 0 Å². The quantitative estimate of drug-likeness (QED) is 0.209. The SMILES string of the molecule is Cc1nc(-c2cccnc2)ccc1Cc1cc2c(c3ncccc13)N(C)CN([C@H]1CCCC[C@@H]1O[Si](C)(C)C(C)(C)C)C2=O. The van der Waals surface area contributed by atoms with Gasteiger partial charge in [0.1, 0.15) is 0 Å². The Bertz CT molecular complexity index is 1680. The first-order valence-electron chi connectivity index (χ1n) is 15.9. The molecule has 0 saturated heterocycles. The van der Waals surface area contributed by atoms with Crippen molar-refractivity contribution in [3.8, 4) is 11.3 Å². The molecule has 0 N–H and O–H groups in total. The zero-order valence-electron chi connectivity index (χ0n) is 27.2. The first-order valence-corrected chi connectivity index (χ1v) is 18.8. The van der Waals surface area contributed by atoms with E-state index in [1.165, 1.54) is 0 Å². The zero-order chi connectivity index (χ0) is 31.2. The number of carbonyl (C=O) groups is 1. The van der Waals surface area contributed by atoms with Crippen molar-refractivity contribution < 1.29 is 9.22 Å². The Morgan fingerprint density at radius 3 is 2.52 bits per heavy atom. The molecule has 1 aliphatic heterocycles. The van der Waals surface area contributed by atoms with Gasteiger partial charge in [0.15, 0.2) is 8.32 Å². The van der Waals surface area contributed by atoms with Crippen LogP contribution in [0.15, 0.2) is 61.1 Å². The van der Waals surface area contributed by atoms with Crippen molar-refractivity contribution in [3.63, 3.8) is 0 Å². The van der Waals surface area contributed by atoms with Gasteiger partial charge in [-0.2, -0.15) is 0 Å². The summed E-state index contributed by atoms with van der Waals surface area (Å²) in [5, 5.41) is 1.19. The van der Waals surface area contributed by atoms with Crippen molar-refractivity contribution >= 4 is 30.8 Å². The van der Waals surface area contributed by atoms with Gasteiger partial charge in [-0.05, 0) is 85.8 Å². The number of pyridine rings is 3. The van der Waals surface area contributed by atoms with E-state index in [1.54, 1.807) is 6.20 Å². The maximum Gasteiger partial charge on any atom is 0.257 e. The number of hydrogen-bond acceptors (Lipinski definition) is 6. The predicted molar refractivity (Wildman–Crippen MR) is 181 cm³/mol. The van der Waals surface area contributed by atoms with E-state index in [2.05, 4.69) is 86.9 Å². The molecule has 1 fully saturated rings.